The highest BCUT2D eigenvalue weighted by atomic mass is 16.3. The van der Waals surface area contributed by atoms with Gasteiger partial charge in [0.05, 0.1) is 10.9 Å². The predicted octanol–water partition coefficient (Wildman–Crippen LogP) is 2.43. The van der Waals surface area contributed by atoms with Crippen LogP contribution in [0.3, 0.4) is 0 Å². The Hall–Kier alpha value is -1.81. The van der Waals surface area contributed by atoms with Crippen molar-refractivity contribution in [2.24, 2.45) is 0 Å². The van der Waals surface area contributed by atoms with Crippen molar-refractivity contribution in [1.82, 2.24) is 4.90 Å². The van der Waals surface area contributed by atoms with Crippen LogP contribution in [0.1, 0.15) is 23.8 Å². The van der Waals surface area contributed by atoms with E-state index in [9.17, 15) is 9.90 Å². The summed E-state index contributed by atoms with van der Waals surface area (Å²) in [6.07, 6.45) is 0.647. The molecule has 0 aliphatic carbocycles. The second kappa shape index (κ2) is 5.05. The molecule has 102 valence electrons. The van der Waals surface area contributed by atoms with Gasteiger partial charge in [-0.3, -0.25) is 4.79 Å². The first kappa shape index (κ1) is 13.6. The minimum absolute atomic E-state index is 0.00116. The Labute approximate surface area is 112 Å². The molecule has 0 amide bonds. The van der Waals surface area contributed by atoms with Crippen LogP contribution in [0.4, 0.5) is 0 Å². The molecule has 4 nitrogen and oxygen atoms in total. The molecule has 0 saturated heterocycles. The van der Waals surface area contributed by atoms with Crippen molar-refractivity contribution in [3.63, 3.8) is 0 Å². The first-order valence-corrected chi connectivity index (χ1v) is 6.37. The van der Waals surface area contributed by atoms with Gasteiger partial charge in [-0.15, -0.1) is 0 Å². The summed E-state index contributed by atoms with van der Waals surface area (Å²) in [6, 6.07) is 3.20. The fourth-order valence-corrected chi connectivity index (χ4v) is 2.33. The second-order valence-electron chi connectivity index (χ2n) is 5.00. The van der Waals surface area contributed by atoms with Crippen LogP contribution < -0.4 is 5.43 Å². The number of benzene rings is 1. The SMILES string of the molecule is CCc1c(C)oc2c(CN(C)C)c(O)ccc2c1=O. The average molecular weight is 261 g/mol. The largest absolute Gasteiger partial charge is 0.507 e. The Balaban J connectivity index is 2.83. The van der Waals surface area contributed by atoms with Crippen LogP contribution >= 0.6 is 0 Å². The highest BCUT2D eigenvalue weighted by Crippen LogP contribution is 2.28. The summed E-state index contributed by atoms with van der Waals surface area (Å²) < 4.78 is 5.79. The molecule has 19 heavy (non-hydrogen) atoms. The van der Waals surface area contributed by atoms with Crippen LogP contribution in [0.25, 0.3) is 11.0 Å². The predicted molar refractivity (Wildman–Crippen MR) is 75.7 cm³/mol. The summed E-state index contributed by atoms with van der Waals surface area (Å²) in [5, 5.41) is 10.5. The zero-order valence-corrected chi connectivity index (χ0v) is 11.8. The lowest BCUT2D eigenvalue weighted by Gasteiger charge is -2.14. The molecule has 1 aromatic carbocycles. The Bertz CT molecular complexity index is 671. The smallest absolute Gasteiger partial charge is 0.196 e. The molecule has 0 unspecified atom stereocenters. The molecule has 4 heteroatoms. The Morgan fingerprint density at radius 3 is 2.53 bits per heavy atom. The van der Waals surface area contributed by atoms with Crippen LogP contribution in [0.15, 0.2) is 21.3 Å². The molecule has 1 N–H and O–H groups in total. The zero-order valence-electron chi connectivity index (χ0n) is 11.8. The summed E-state index contributed by atoms with van der Waals surface area (Å²) in [5.41, 5.74) is 1.86. The topological polar surface area (TPSA) is 53.7 Å². The fraction of sp³-hybridized carbons (Fsp3) is 0.400. The molecule has 2 aromatic rings. The van der Waals surface area contributed by atoms with E-state index in [1.54, 1.807) is 19.1 Å². The summed E-state index contributed by atoms with van der Waals surface area (Å²) in [6.45, 7) is 4.26. The van der Waals surface area contributed by atoms with Crippen molar-refractivity contribution in [3.05, 3.63) is 39.2 Å². The van der Waals surface area contributed by atoms with Gasteiger partial charge < -0.3 is 14.4 Å². The fourth-order valence-electron chi connectivity index (χ4n) is 2.33. The number of nitrogens with zero attached hydrogens (tertiary/aromatic N) is 1. The van der Waals surface area contributed by atoms with Crippen LogP contribution in [0, 0.1) is 6.92 Å². The van der Waals surface area contributed by atoms with E-state index in [0.717, 1.165) is 0 Å². The number of aryl methyl sites for hydroxylation is 1. The number of phenols is 1. The van der Waals surface area contributed by atoms with Crippen molar-refractivity contribution < 1.29 is 9.52 Å². The molecular formula is C15H19NO3. The van der Waals surface area contributed by atoms with Gasteiger partial charge in [-0.25, -0.2) is 0 Å². The highest BCUT2D eigenvalue weighted by molar-refractivity contribution is 5.82. The van der Waals surface area contributed by atoms with E-state index in [1.165, 1.54) is 0 Å². The first-order chi connectivity index (χ1) is 8.95. The maximum Gasteiger partial charge on any atom is 0.196 e. The molecular weight excluding hydrogens is 242 g/mol. The lowest BCUT2D eigenvalue weighted by Crippen LogP contribution is -2.14. The molecule has 0 fully saturated rings. The number of rotatable bonds is 3. The molecule has 0 radical (unpaired) electrons. The molecule has 0 saturated carbocycles. The number of aromatic hydroxyl groups is 1. The highest BCUT2D eigenvalue weighted by Gasteiger charge is 2.16. The number of phenolic OH excluding ortho intramolecular Hbond substituents is 1. The van der Waals surface area contributed by atoms with Gasteiger partial charge in [0.25, 0.3) is 0 Å². The molecule has 0 bridgehead atoms. The van der Waals surface area contributed by atoms with Gasteiger partial charge in [0.15, 0.2) is 5.43 Å². The number of fused-ring (bicyclic) bond motifs is 1. The van der Waals surface area contributed by atoms with E-state index in [0.29, 0.717) is 40.8 Å². The quantitative estimate of drug-likeness (QED) is 0.922. The normalized spacial score (nSPS) is 11.4. The van der Waals surface area contributed by atoms with E-state index in [2.05, 4.69) is 0 Å². The van der Waals surface area contributed by atoms with E-state index < -0.39 is 0 Å². The zero-order chi connectivity index (χ0) is 14.2. The standard InChI is InChI=1S/C15H19NO3/c1-5-10-9(2)19-15-11(14(10)18)6-7-13(17)12(15)8-16(3)4/h6-7,17H,5,8H2,1-4H3. The first-order valence-electron chi connectivity index (χ1n) is 6.37. The van der Waals surface area contributed by atoms with Gasteiger partial charge in [0, 0.05) is 12.1 Å². The lowest BCUT2D eigenvalue weighted by atomic mass is 10.0. The minimum Gasteiger partial charge on any atom is -0.507 e. The molecule has 0 atom stereocenters. The lowest BCUT2D eigenvalue weighted by molar-refractivity contribution is 0.383. The van der Waals surface area contributed by atoms with Crippen molar-refractivity contribution >= 4 is 11.0 Å². The molecule has 0 spiro atoms. The Morgan fingerprint density at radius 1 is 1.26 bits per heavy atom. The third kappa shape index (κ3) is 2.36. The molecule has 1 aromatic heterocycles. The number of hydrogen-bond acceptors (Lipinski definition) is 4. The van der Waals surface area contributed by atoms with E-state index in [-0.39, 0.29) is 11.2 Å². The minimum atomic E-state index is 0.00116. The van der Waals surface area contributed by atoms with E-state index in [1.807, 2.05) is 25.9 Å². The number of hydrogen-bond donors (Lipinski definition) is 1. The summed E-state index contributed by atoms with van der Waals surface area (Å²) >= 11 is 0. The van der Waals surface area contributed by atoms with Gasteiger partial charge >= 0.3 is 0 Å². The van der Waals surface area contributed by atoms with Crippen molar-refractivity contribution in [3.8, 4) is 5.75 Å². The third-order valence-corrected chi connectivity index (χ3v) is 3.26. The van der Waals surface area contributed by atoms with Crippen molar-refractivity contribution in [1.29, 1.82) is 0 Å². The van der Waals surface area contributed by atoms with E-state index >= 15 is 0 Å². The van der Waals surface area contributed by atoms with Gasteiger partial charge in [-0.1, -0.05) is 6.92 Å². The van der Waals surface area contributed by atoms with Gasteiger partial charge in [0.1, 0.15) is 17.1 Å². The Kier molecular flexibility index (Phi) is 3.62. The van der Waals surface area contributed by atoms with Crippen LogP contribution in [0.5, 0.6) is 5.75 Å². The molecule has 2 rings (SSSR count). The summed E-state index contributed by atoms with van der Waals surface area (Å²) in [4.78, 5) is 14.3. The van der Waals surface area contributed by atoms with Crippen LogP contribution in [-0.2, 0) is 13.0 Å². The van der Waals surface area contributed by atoms with Crippen LogP contribution in [-0.4, -0.2) is 24.1 Å². The summed E-state index contributed by atoms with van der Waals surface area (Å²) in [7, 11) is 3.81. The van der Waals surface area contributed by atoms with Gasteiger partial charge in [-0.2, -0.15) is 0 Å². The third-order valence-electron chi connectivity index (χ3n) is 3.26. The maximum absolute atomic E-state index is 12.4. The summed E-state index contributed by atoms with van der Waals surface area (Å²) in [5.74, 6) is 0.790. The molecule has 0 aliphatic rings. The molecule has 1 heterocycles. The van der Waals surface area contributed by atoms with Crippen molar-refractivity contribution in [2.45, 2.75) is 26.8 Å². The second-order valence-corrected chi connectivity index (χ2v) is 5.00. The maximum atomic E-state index is 12.4. The Morgan fingerprint density at radius 2 is 1.95 bits per heavy atom. The average Bonchev–Trinajstić information content (AvgIpc) is 2.33. The van der Waals surface area contributed by atoms with Crippen molar-refractivity contribution in [2.75, 3.05) is 14.1 Å². The van der Waals surface area contributed by atoms with E-state index in [4.69, 9.17) is 4.42 Å². The van der Waals surface area contributed by atoms with Gasteiger partial charge in [-0.05, 0) is 39.6 Å². The monoisotopic (exact) mass is 261 g/mol. The van der Waals surface area contributed by atoms with Gasteiger partial charge in [0.2, 0.25) is 0 Å². The molecule has 0 aliphatic heterocycles. The van der Waals surface area contributed by atoms with Crippen LogP contribution in [0.2, 0.25) is 0 Å².